The molecule has 0 aromatic heterocycles. The second-order valence-corrected chi connectivity index (χ2v) is 5.85. The molecule has 1 aromatic rings. The van der Waals surface area contributed by atoms with Gasteiger partial charge in [0.1, 0.15) is 0 Å². The van der Waals surface area contributed by atoms with Gasteiger partial charge in [-0.1, -0.05) is 29.8 Å². The van der Waals surface area contributed by atoms with Crippen LogP contribution >= 0.6 is 15.9 Å². The van der Waals surface area contributed by atoms with Crippen LogP contribution in [0.3, 0.4) is 0 Å². The SMILES string of the molecule is CCC(CC)(CNC(=O)c1ccc(Br)cc1C)C(=O)O. The van der Waals surface area contributed by atoms with Crippen molar-refractivity contribution in [2.75, 3.05) is 6.54 Å². The van der Waals surface area contributed by atoms with Crippen molar-refractivity contribution in [3.05, 3.63) is 33.8 Å². The lowest BCUT2D eigenvalue weighted by atomic mass is 9.82. The summed E-state index contributed by atoms with van der Waals surface area (Å²) in [5, 5.41) is 12.1. The molecule has 110 valence electrons. The number of aryl methyl sites for hydroxylation is 1. The number of carbonyl (C=O) groups excluding carboxylic acids is 1. The molecule has 0 aliphatic carbocycles. The minimum atomic E-state index is -0.890. The standard InChI is InChI=1S/C15H20BrNO3/c1-4-15(5-2,14(19)20)9-17-13(18)12-7-6-11(16)8-10(12)3/h6-8H,4-5,9H2,1-3H3,(H,17,18)(H,19,20). The normalized spacial score (nSPS) is 11.2. The lowest BCUT2D eigenvalue weighted by Crippen LogP contribution is -2.42. The molecule has 0 heterocycles. The lowest BCUT2D eigenvalue weighted by molar-refractivity contribution is -0.149. The van der Waals surface area contributed by atoms with Gasteiger partial charge < -0.3 is 10.4 Å². The monoisotopic (exact) mass is 341 g/mol. The summed E-state index contributed by atoms with van der Waals surface area (Å²) in [6.07, 6.45) is 0.969. The minimum absolute atomic E-state index is 0.143. The molecule has 5 heteroatoms. The first-order chi connectivity index (χ1) is 9.36. The van der Waals surface area contributed by atoms with E-state index in [4.69, 9.17) is 0 Å². The molecule has 0 radical (unpaired) electrons. The number of hydrogen-bond acceptors (Lipinski definition) is 2. The molecule has 1 amide bonds. The zero-order chi connectivity index (χ0) is 15.3. The van der Waals surface area contributed by atoms with Gasteiger partial charge in [-0.2, -0.15) is 0 Å². The average molecular weight is 342 g/mol. The molecule has 0 fully saturated rings. The predicted molar refractivity (Wildman–Crippen MR) is 81.9 cm³/mol. The van der Waals surface area contributed by atoms with E-state index in [2.05, 4.69) is 21.2 Å². The van der Waals surface area contributed by atoms with Gasteiger partial charge >= 0.3 is 5.97 Å². The van der Waals surface area contributed by atoms with Crippen LogP contribution in [0.15, 0.2) is 22.7 Å². The fourth-order valence-electron chi connectivity index (χ4n) is 2.10. The van der Waals surface area contributed by atoms with Gasteiger partial charge in [0.05, 0.1) is 5.41 Å². The highest BCUT2D eigenvalue weighted by atomic mass is 79.9. The maximum absolute atomic E-state index is 12.2. The maximum Gasteiger partial charge on any atom is 0.311 e. The first-order valence-electron chi connectivity index (χ1n) is 6.64. The summed E-state index contributed by atoms with van der Waals surface area (Å²) in [6.45, 7) is 5.65. The number of rotatable bonds is 6. The fraction of sp³-hybridized carbons (Fsp3) is 0.467. The van der Waals surface area contributed by atoms with Gasteiger partial charge in [0.15, 0.2) is 0 Å². The summed E-state index contributed by atoms with van der Waals surface area (Å²) in [5.74, 6) is -1.10. The van der Waals surface area contributed by atoms with Gasteiger partial charge in [-0.3, -0.25) is 9.59 Å². The highest BCUT2D eigenvalue weighted by Crippen LogP contribution is 2.26. The van der Waals surface area contributed by atoms with Crippen LogP contribution in [-0.2, 0) is 4.79 Å². The maximum atomic E-state index is 12.2. The van der Waals surface area contributed by atoms with Crippen LogP contribution < -0.4 is 5.32 Å². The molecule has 20 heavy (non-hydrogen) atoms. The molecule has 1 aromatic carbocycles. The van der Waals surface area contributed by atoms with Crippen LogP contribution in [0.2, 0.25) is 0 Å². The van der Waals surface area contributed by atoms with Gasteiger partial charge in [-0.05, 0) is 43.5 Å². The summed E-state index contributed by atoms with van der Waals surface area (Å²) < 4.78 is 0.911. The van der Waals surface area contributed by atoms with Crippen LogP contribution in [-0.4, -0.2) is 23.5 Å². The third-order valence-electron chi connectivity index (χ3n) is 3.83. The number of carbonyl (C=O) groups is 2. The largest absolute Gasteiger partial charge is 0.481 e. The van der Waals surface area contributed by atoms with E-state index in [9.17, 15) is 14.7 Å². The highest BCUT2D eigenvalue weighted by Gasteiger charge is 2.35. The Hall–Kier alpha value is -1.36. The number of carboxylic acids is 1. The smallest absolute Gasteiger partial charge is 0.311 e. The second-order valence-electron chi connectivity index (χ2n) is 4.93. The molecule has 0 saturated carbocycles. The van der Waals surface area contributed by atoms with E-state index in [-0.39, 0.29) is 12.5 Å². The first-order valence-corrected chi connectivity index (χ1v) is 7.43. The van der Waals surface area contributed by atoms with Gasteiger partial charge in [0.25, 0.3) is 5.91 Å². The van der Waals surface area contributed by atoms with E-state index >= 15 is 0 Å². The Morgan fingerprint density at radius 1 is 1.30 bits per heavy atom. The van der Waals surface area contributed by atoms with Crippen molar-refractivity contribution in [2.45, 2.75) is 33.6 Å². The van der Waals surface area contributed by atoms with Crippen LogP contribution in [0.25, 0.3) is 0 Å². The lowest BCUT2D eigenvalue weighted by Gasteiger charge is -2.27. The van der Waals surface area contributed by atoms with Gasteiger partial charge in [-0.15, -0.1) is 0 Å². The Morgan fingerprint density at radius 2 is 1.90 bits per heavy atom. The van der Waals surface area contributed by atoms with Crippen LogP contribution in [0.1, 0.15) is 42.6 Å². The first kappa shape index (κ1) is 16.7. The highest BCUT2D eigenvalue weighted by molar-refractivity contribution is 9.10. The minimum Gasteiger partial charge on any atom is -0.481 e. The summed E-state index contributed by atoms with van der Waals surface area (Å²) >= 11 is 3.35. The van der Waals surface area contributed by atoms with E-state index in [0.29, 0.717) is 18.4 Å². The van der Waals surface area contributed by atoms with Crippen molar-refractivity contribution < 1.29 is 14.7 Å². The topological polar surface area (TPSA) is 66.4 Å². The quantitative estimate of drug-likeness (QED) is 0.833. The molecule has 1 rings (SSSR count). The Labute approximate surface area is 127 Å². The van der Waals surface area contributed by atoms with Gasteiger partial charge in [0, 0.05) is 16.6 Å². The van der Waals surface area contributed by atoms with E-state index in [0.717, 1.165) is 10.0 Å². The zero-order valence-corrected chi connectivity index (χ0v) is 13.6. The Morgan fingerprint density at radius 3 is 2.35 bits per heavy atom. The van der Waals surface area contributed by atoms with Crippen LogP contribution in [0.5, 0.6) is 0 Å². The molecular weight excluding hydrogens is 322 g/mol. The van der Waals surface area contributed by atoms with E-state index in [1.54, 1.807) is 12.1 Å². The molecule has 2 N–H and O–H groups in total. The van der Waals surface area contributed by atoms with Gasteiger partial charge in [0.2, 0.25) is 0 Å². The summed E-state index contributed by atoms with van der Waals surface area (Å²) in [5.41, 5.74) is 0.532. The number of carboxylic acid groups (broad SMARTS) is 1. The van der Waals surface area contributed by atoms with Crippen molar-refractivity contribution in [1.82, 2.24) is 5.32 Å². The number of halogens is 1. The molecular formula is C15H20BrNO3. The van der Waals surface area contributed by atoms with Crippen molar-refractivity contribution in [1.29, 1.82) is 0 Å². The Balaban J connectivity index is 2.83. The third kappa shape index (κ3) is 3.60. The molecule has 0 spiro atoms. The molecule has 0 aliphatic rings. The molecule has 4 nitrogen and oxygen atoms in total. The molecule has 0 atom stereocenters. The predicted octanol–water partition coefficient (Wildman–Crippen LogP) is 3.38. The molecule has 0 saturated heterocycles. The number of aliphatic carboxylic acids is 1. The number of benzene rings is 1. The van der Waals surface area contributed by atoms with E-state index < -0.39 is 11.4 Å². The zero-order valence-electron chi connectivity index (χ0n) is 12.0. The van der Waals surface area contributed by atoms with Crippen LogP contribution in [0, 0.1) is 12.3 Å². The van der Waals surface area contributed by atoms with Gasteiger partial charge in [-0.25, -0.2) is 0 Å². The summed E-state index contributed by atoms with van der Waals surface area (Å²) in [4.78, 5) is 23.5. The summed E-state index contributed by atoms with van der Waals surface area (Å²) in [6, 6.07) is 5.39. The van der Waals surface area contributed by atoms with Crippen LogP contribution in [0.4, 0.5) is 0 Å². The number of hydrogen-bond donors (Lipinski definition) is 2. The van der Waals surface area contributed by atoms with Crippen molar-refractivity contribution in [3.63, 3.8) is 0 Å². The molecule has 0 aliphatic heterocycles. The van der Waals surface area contributed by atoms with Crippen molar-refractivity contribution in [2.24, 2.45) is 5.41 Å². The fourth-order valence-corrected chi connectivity index (χ4v) is 2.58. The average Bonchev–Trinajstić information content (AvgIpc) is 2.39. The Kier molecular flexibility index (Phi) is 5.74. The molecule has 0 bridgehead atoms. The third-order valence-corrected chi connectivity index (χ3v) is 4.32. The van der Waals surface area contributed by atoms with E-state index in [1.165, 1.54) is 0 Å². The second kappa shape index (κ2) is 6.88. The van der Waals surface area contributed by atoms with Crippen molar-refractivity contribution in [3.8, 4) is 0 Å². The number of amides is 1. The summed E-state index contributed by atoms with van der Waals surface area (Å²) in [7, 11) is 0. The Bertz CT molecular complexity index is 510. The molecule has 0 unspecified atom stereocenters. The van der Waals surface area contributed by atoms with E-state index in [1.807, 2.05) is 26.8 Å². The van der Waals surface area contributed by atoms with Crippen molar-refractivity contribution >= 4 is 27.8 Å². The number of nitrogens with one attached hydrogen (secondary N) is 1.